The molecule has 1 unspecified atom stereocenters. The highest BCUT2D eigenvalue weighted by Crippen LogP contribution is 2.20. The van der Waals surface area contributed by atoms with Crippen LogP contribution in [0.1, 0.15) is 6.42 Å². The topological polar surface area (TPSA) is 75.5 Å². The fraction of sp³-hybridized carbons (Fsp3) is 0.417. The van der Waals surface area contributed by atoms with E-state index in [2.05, 4.69) is 4.98 Å². The fourth-order valence-electron chi connectivity index (χ4n) is 1.79. The van der Waals surface area contributed by atoms with E-state index in [-0.39, 0.29) is 0 Å². The highest BCUT2D eigenvalue weighted by molar-refractivity contribution is 5.76. The van der Waals surface area contributed by atoms with Crippen molar-refractivity contribution in [3.8, 4) is 0 Å². The number of oxazole rings is 1. The summed E-state index contributed by atoms with van der Waals surface area (Å²) in [5.41, 5.74) is 7.98. The Morgan fingerprint density at radius 2 is 2.35 bits per heavy atom. The van der Waals surface area contributed by atoms with Crippen LogP contribution in [0, 0.1) is 0 Å². The van der Waals surface area contributed by atoms with Gasteiger partial charge in [0.25, 0.3) is 0 Å². The number of rotatable bonds is 5. The molecule has 0 aliphatic rings. The van der Waals surface area contributed by atoms with Crippen molar-refractivity contribution in [1.82, 2.24) is 4.98 Å². The van der Waals surface area contributed by atoms with Crippen LogP contribution in [-0.4, -0.2) is 36.3 Å². The quantitative estimate of drug-likeness (QED) is 0.807. The van der Waals surface area contributed by atoms with Gasteiger partial charge in [-0.05, 0) is 25.1 Å². The summed E-state index contributed by atoms with van der Waals surface area (Å²) in [6.45, 7) is 1.05. The Labute approximate surface area is 99.8 Å². The number of nitrogens with zero attached hydrogens (tertiary/aromatic N) is 2. The summed E-state index contributed by atoms with van der Waals surface area (Å²) in [4.78, 5) is 6.03. The monoisotopic (exact) mass is 235 g/mol. The highest BCUT2D eigenvalue weighted by Gasteiger charge is 2.09. The van der Waals surface area contributed by atoms with Gasteiger partial charge >= 0.3 is 0 Å². The predicted octanol–water partition coefficient (Wildman–Crippen LogP) is 0.974. The summed E-state index contributed by atoms with van der Waals surface area (Å²) in [5.74, 6) is 0. The molecule has 0 amide bonds. The molecule has 5 heteroatoms. The summed E-state index contributed by atoms with van der Waals surface area (Å²) in [5, 5.41) is 9.70. The van der Waals surface area contributed by atoms with E-state index in [1.807, 2.05) is 30.1 Å². The molecule has 0 fully saturated rings. The molecule has 1 aromatic carbocycles. The standard InChI is InChI=1S/C12H17N3O2/c1-15(7-10(16)4-5-13)9-2-3-11-12(6-9)17-8-14-11/h2-3,6,8,10,16H,4-5,7,13H2,1H3. The Hall–Kier alpha value is -1.59. The average molecular weight is 235 g/mol. The minimum absolute atomic E-state index is 0.407. The molecule has 0 spiro atoms. The Morgan fingerprint density at radius 1 is 1.53 bits per heavy atom. The second-order valence-electron chi connectivity index (χ2n) is 4.12. The van der Waals surface area contributed by atoms with Gasteiger partial charge in [0.2, 0.25) is 0 Å². The van der Waals surface area contributed by atoms with E-state index in [1.54, 1.807) is 0 Å². The second kappa shape index (κ2) is 5.16. The van der Waals surface area contributed by atoms with Gasteiger partial charge < -0.3 is 20.2 Å². The molecule has 3 N–H and O–H groups in total. The zero-order valence-corrected chi connectivity index (χ0v) is 9.84. The number of benzene rings is 1. The molecule has 1 atom stereocenters. The summed E-state index contributed by atoms with van der Waals surface area (Å²) >= 11 is 0. The van der Waals surface area contributed by atoms with Crippen molar-refractivity contribution in [2.75, 3.05) is 25.0 Å². The van der Waals surface area contributed by atoms with E-state index >= 15 is 0 Å². The van der Waals surface area contributed by atoms with Crippen LogP contribution in [0.5, 0.6) is 0 Å². The van der Waals surface area contributed by atoms with E-state index in [9.17, 15) is 5.11 Å². The van der Waals surface area contributed by atoms with Crippen LogP contribution in [-0.2, 0) is 0 Å². The van der Waals surface area contributed by atoms with Crippen LogP contribution in [0.4, 0.5) is 5.69 Å². The minimum Gasteiger partial charge on any atom is -0.443 e. The lowest BCUT2D eigenvalue weighted by Crippen LogP contribution is -2.30. The molecule has 2 aromatic rings. The van der Waals surface area contributed by atoms with Gasteiger partial charge in [-0.25, -0.2) is 4.98 Å². The number of nitrogens with two attached hydrogens (primary N) is 1. The molecule has 0 bridgehead atoms. The van der Waals surface area contributed by atoms with Gasteiger partial charge in [-0.2, -0.15) is 0 Å². The maximum absolute atomic E-state index is 9.70. The van der Waals surface area contributed by atoms with Crippen molar-refractivity contribution in [3.63, 3.8) is 0 Å². The number of hydrogen-bond donors (Lipinski definition) is 2. The number of aliphatic hydroxyl groups excluding tert-OH is 1. The van der Waals surface area contributed by atoms with E-state index in [1.165, 1.54) is 6.39 Å². The van der Waals surface area contributed by atoms with Gasteiger partial charge in [-0.15, -0.1) is 0 Å². The lowest BCUT2D eigenvalue weighted by atomic mass is 10.2. The van der Waals surface area contributed by atoms with Crippen molar-refractivity contribution in [1.29, 1.82) is 0 Å². The number of aliphatic hydroxyl groups is 1. The Kier molecular flexibility index (Phi) is 3.61. The first-order valence-electron chi connectivity index (χ1n) is 5.63. The first-order chi connectivity index (χ1) is 8.20. The summed E-state index contributed by atoms with van der Waals surface area (Å²) in [6, 6.07) is 5.78. The molecule has 0 saturated carbocycles. The number of likely N-dealkylation sites (N-methyl/N-ethyl adjacent to an activating group) is 1. The first kappa shape index (κ1) is 11.9. The zero-order chi connectivity index (χ0) is 12.3. The van der Waals surface area contributed by atoms with E-state index in [4.69, 9.17) is 10.2 Å². The molecular weight excluding hydrogens is 218 g/mol. The first-order valence-corrected chi connectivity index (χ1v) is 5.63. The van der Waals surface area contributed by atoms with Crippen molar-refractivity contribution in [2.24, 2.45) is 5.73 Å². The highest BCUT2D eigenvalue weighted by atomic mass is 16.3. The maximum Gasteiger partial charge on any atom is 0.181 e. The largest absolute Gasteiger partial charge is 0.443 e. The van der Waals surface area contributed by atoms with Crippen LogP contribution in [0.15, 0.2) is 29.0 Å². The van der Waals surface area contributed by atoms with Crippen LogP contribution >= 0.6 is 0 Å². The van der Waals surface area contributed by atoms with Crippen molar-refractivity contribution >= 4 is 16.8 Å². The molecular formula is C12H17N3O2. The van der Waals surface area contributed by atoms with Gasteiger partial charge in [0.05, 0.1) is 6.10 Å². The summed E-state index contributed by atoms with van der Waals surface area (Å²) in [7, 11) is 1.93. The van der Waals surface area contributed by atoms with Crippen LogP contribution in [0.3, 0.4) is 0 Å². The SMILES string of the molecule is CN(CC(O)CCN)c1ccc2ncoc2c1. The maximum atomic E-state index is 9.70. The molecule has 0 saturated heterocycles. The lowest BCUT2D eigenvalue weighted by Gasteiger charge is -2.22. The van der Waals surface area contributed by atoms with Gasteiger partial charge in [0, 0.05) is 25.3 Å². The average Bonchev–Trinajstić information content (AvgIpc) is 2.75. The predicted molar refractivity (Wildman–Crippen MR) is 67.0 cm³/mol. The Morgan fingerprint density at radius 3 is 3.12 bits per heavy atom. The van der Waals surface area contributed by atoms with Crippen molar-refractivity contribution < 1.29 is 9.52 Å². The number of aromatic nitrogens is 1. The van der Waals surface area contributed by atoms with Crippen LogP contribution < -0.4 is 10.6 Å². The molecule has 1 aromatic heterocycles. The third-order valence-electron chi connectivity index (χ3n) is 2.74. The Bertz CT molecular complexity index is 483. The normalized spacial score (nSPS) is 12.9. The molecule has 17 heavy (non-hydrogen) atoms. The smallest absolute Gasteiger partial charge is 0.181 e. The fourth-order valence-corrected chi connectivity index (χ4v) is 1.79. The molecule has 0 aliphatic heterocycles. The zero-order valence-electron chi connectivity index (χ0n) is 9.84. The van der Waals surface area contributed by atoms with Crippen LogP contribution in [0.25, 0.3) is 11.1 Å². The second-order valence-corrected chi connectivity index (χ2v) is 4.12. The van der Waals surface area contributed by atoms with E-state index in [0.29, 0.717) is 19.5 Å². The summed E-state index contributed by atoms with van der Waals surface area (Å²) in [6.07, 6.45) is 1.63. The van der Waals surface area contributed by atoms with Gasteiger partial charge in [0.15, 0.2) is 12.0 Å². The Balaban J connectivity index is 2.09. The molecule has 0 aliphatic carbocycles. The molecule has 92 valence electrons. The number of fused-ring (bicyclic) bond motifs is 1. The lowest BCUT2D eigenvalue weighted by molar-refractivity contribution is 0.174. The third kappa shape index (κ3) is 2.75. The van der Waals surface area contributed by atoms with E-state index < -0.39 is 6.10 Å². The molecule has 5 nitrogen and oxygen atoms in total. The van der Waals surface area contributed by atoms with Gasteiger partial charge in [-0.3, -0.25) is 0 Å². The molecule has 0 radical (unpaired) electrons. The van der Waals surface area contributed by atoms with E-state index in [0.717, 1.165) is 16.8 Å². The van der Waals surface area contributed by atoms with Gasteiger partial charge in [-0.1, -0.05) is 0 Å². The van der Waals surface area contributed by atoms with Crippen molar-refractivity contribution in [2.45, 2.75) is 12.5 Å². The third-order valence-corrected chi connectivity index (χ3v) is 2.74. The summed E-state index contributed by atoms with van der Waals surface area (Å²) < 4.78 is 5.24. The molecule has 1 heterocycles. The molecule has 2 rings (SSSR count). The van der Waals surface area contributed by atoms with Gasteiger partial charge in [0.1, 0.15) is 5.52 Å². The van der Waals surface area contributed by atoms with Crippen molar-refractivity contribution in [3.05, 3.63) is 24.6 Å². The minimum atomic E-state index is -0.407. The number of anilines is 1. The van der Waals surface area contributed by atoms with Crippen LogP contribution in [0.2, 0.25) is 0 Å². The number of hydrogen-bond acceptors (Lipinski definition) is 5.